The minimum atomic E-state index is -0.369. The van der Waals surface area contributed by atoms with Crippen molar-refractivity contribution in [3.8, 4) is 0 Å². The third-order valence-electron chi connectivity index (χ3n) is 4.35. The number of rotatable bonds is 5. The molecule has 0 spiro atoms. The first-order valence-corrected chi connectivity index (χ1v) is 7.17. The van der Waals surface area contributed by atoms with Crippen molar-refractivity contribution in [3.63, 3.8) is 0 Å². The summed E-state index contributed by atoms with van der Waals surface area (Å²) in [6, 6.07) is 10.4. The van der Waals surface area contributed by atoms with Crippen molar-refractivity contribution in [2.24, 2.45) is 0 Å². The number of aliphatic hydroxyl groups is 1. The first-order chi connectivity index (χ1) is 9.19. The van der Waals surface area contributed by atoms with Crippen LogP contribution in [-0.2, 0) is 10.2 Å². The molecule has 2 nitrogen and oxygen atoms in total. The van der Waals surface area contributed by atoms with E-state index in [1.807, 2.05) is 18.2 Å². The second-order valence-corrected chi connectivity index (χ2v) is 5.46. The molecule has 0 amide bonds. The summed E-state index contributed by atoms with van der Waals surface area (Å²) in [5, 5.41) is 10.8. The van der Waals surface area contributed by atoms with E-state index in [1.165, 1.54) is 5.56 Å². The van der Waals surface area contributed by atoms with Crippen molar-refractivity contribution >= 4 is 0 Å². The van der Waals surface area contributed by atoms with Crippen molar-refractivity contribution in [2.75, 3.05) is 13.2 Å². The van der Waals surface area contributed by atoms with Crippen molar-refractivity contribution in [2.45, 2.75) is 44.1 Å². The summed E-state index contributed by atoms with van der Waals surface area (Å²) in [4.78, 5) is 0. The fourth-order valence-electron chi connectivity index (χ4n) is 2.93. The van der Waals surface area contributed by atoms with Crippen LogP contribution in [0.1, 0.15) is 38.2 Å². The van der Waals surface area contributed by atoms with Gasteiger partial charge in [-0.1, -0.05) is 49.4 Å². The summed E-state index contributed by atoms with van der Waals surface area (Å²) >= 11 is 0. The second-order valence-electron chi connectivity index (χ2n) is 5.46. The van der Waals surface area contributed by atoms with Gasteiger partial charge < -0.3 is 9.84 Å². The molecule has 2 rings (SSSR count). The van der Waals surface area contributed by atoms with Gasteiger partial charge in [0, 0.05) is 18.6 Å². The largest absolute Gasteiger partial charge is 0.392 e. The molecule has 0 saturated carbocycles. The molecule has 1 aliphatic heterocycles. The number of benzene rings is 1. The van der Waals surface area contributed by atoms with Gasteiger partial charge in [0.15, 0.2) is 0 Å². The smallest absolute Gasteiger partial charge is 0.0675 e. The highest BCUT2D eigenvalue weighted by Gasteiger charge is 2.40. The monoisotopic (exact) mass is 260 g/mol. The summed E-state index contributed by atoms with van der Waals surface area (Å²) in [5.41, 5.74) is 2.18. The van der Waals surface area contributed by atoms with Crippen LogP contribution in [0.25, 0.3) is 0 Å². The van der Waals surface area contributed by atoms with Crippen LogP contribution in [0.4, 0.5) is 0 Å². The van der Waals surface area contributed by atoms with E-state index < -0.39 is 0 Å². The van der Waals surface area contributed by atoms with Gasteiger partial charge in [0.1, 0.15) is 0 Å². The Morgan fingerprint density at radius 2 is 1.95 bits per heavy atom. The van der Waals surface area contributed by atoms with Crippen molar-refractivity contribution < 1.29 is 9.84 Å². The molecular weight excluding hydrogens is 236 g/mol. The summed E-state index contributed by atoms with van der Waals surface area (Å²) in [5.74, 6) is 0. The Balaban J connectivity index is 2.27. The fraction of sp³-hybridized carbons (Fsp3) is 0.529. The highest BCUT2D eigenvalue weighted by molar-refractivity contribution is 5.28. The Morgan fingerprint density at radius 3 is 2.53 bits per heavy atom. The molecule has 19 heavy (non-hydrogen) atoms. The average molecular weight is 260 g/mol. The predicted octanol–water partition coefficient (Wildman–Crippen LogP) is 3.45. The van der Waals surface area contributed by atoms with E-state index in [-0.39, 0.29) is 11.5 Å². The zero-order chi connectivity index (χ0) is 13.7. The summed E-state index contributed by atoms with van der Waals surface area (Å²) in [6.45, 7) is 7.59. The highest BCUT2D eigenvalue weighted by Crippen LogP contribution is 2.40. The highest BCUT2D eigenvalue weighted by atomic mass is 16.5. The molecule has 1 saturated heterocycles. The Labute approximate surface area is 116 Å². The molecule has 2 heteroatoms. The predicted molar refractivity (Wildman–Crippen MR) is 78.2 cm³/mol. The van der Waals surface area contributed by atoms with E-state index in [0.717, 1.165) is 38.0 Å². The van der Waals surface area contributed by atoms with Crippen molar-refractivity contribution in [1.82, 2.24) is 0 Å². The summed E-state index contributed by atoms with van der Waals surface area (Å²) in [6.07, 6.45) is 3.01. The third kappa shape index (κ3) is 3.07. The van der Waals surface area contributed by atoms with Gasteiger partial charge in [-0.3, -0.25) is 0 Å². The maximum Gasteiger partial charge on any atom is 0.0675 e. The van der Waals surface area contributed by atoms with Crippen molar-refractivity contribution in [3.05, 3.63) is 48.0 Å². The maximum atomic E-state index is 10.8. The van der Waals surface area contributed by atoms with Crippen LogP contribution in [0.3, 0.4) is 0 Å². The number of hydrogen-bond donors (Lipinski definition) is 1. The van der Waals surface area contributed by atoms with E-state index >= 15 is 0 Å². The first-order valence-electron chi connectivity index (χ1n) is 7.17. The molecule has 0 aromatic heterocycles. The van der Waals surface area contributed by atoms with Gasteiger partial charge in [-0.25, -0.2) is 0 Å². The van der Waals surface area contributed by atoms with Gasteiger partial charge in [-0.05, 0) is 31.2 Å². The standard InChI is InChI=1S/C17H24O2/c1-3-14(2)13-16(18)17(9-11-19-12-10-17)15-7-5-4-6-8-15/h4-8,16,18H,2-3,9-13H2,1H3. The van der Waals surface area contributed by atoms with Gasteiger partial charge in [-0.15, -0.1) is 0 Å². The molecule has 1 atom stereocenters. The van der Waals surface area contributed by atoms with E-state index in [9.17, 15) is 5.11 Å². The Hall–Kier alpha value is -1.12. The SMILES string of the molecule is C=C(CC)CC(O)C1(c2ccccc2)CCOCC1. The maximum absolute atomic E-state index is 10.8. The van der Waals surface area contributed by atoms with Crippen LogP contribution in [0.5, 0.6) is 0 Å². The van der Waals surface area contributed by atoms with E-state index in [0.29, 0.717) is 6.42 Å². The molecule has 1 unspecified atom stereocenters. The lowest BCUT2D eigenvalue weighted by molar-refractivity contribution is -0.0155. The molecular formula is C17H24O2. The Morgan fingerprint density at radius 1 is 1.32 bits per heavy atom. The zero-order valence-corrected chi connectivity index (χ0v) is 11.8. The summed E-state index contributed by atoms with van der Waals surface area (Å²) < 4.78 is 5.49. The van der Waals surface area contributed by atoms with E-state index in [1.54, 1.807) is 0 Å². The van der Waals surface area contributed by atoms with Gasteiger partial charge in [0.25, 0.3) is 0 Å². The minimum absolute atomic E-state index is 0.169. The average Bonchev–Trinajstić information content (AvgIpc) is 2.48. The molecule has 0 bridgehead atoms. The third-order valence-corrected chi connectivity index (χ3v) is 4.35. The second kappa shape index (κ2) is 6.36. The number of hydrogen-bond acceptors (Lipinski definition) is 2. The molecule has 0 radical (unpaired) electrons. The lowest BCUT2D eigenvalue weighted by Gasteiger charge is -2.42. The van der Waals surface area contributed by atoms with E-state index in [4.69, 9.17) is 4.74 Å². The molecule has 0 aliphatic carbocycles. The van der Waals surface area contributed by atoms with Crippen LogP contribution >= 0.6 is 0 Å². The minimum Gasteiger partial charge on any atom is -0.392 e. The Bertz CT molecular complexity index is 405. The first kappa shape index (κ1) is 14.3. The molecule has 1 aliphatic rings. The molecule has 1 N–H and O–H groups in total. The van der Waals surface area contributed by atoms with Crippen LogP contribution < -0.4 is 0 Å². The van der Waals surface area contributed by atoms with Crippen molar-refractivity contribution in [1.29, 1.82) is 0 Å². The van der Waals surface area contributed by atoms with Gasteiger partial charge in [-0.2, -0.15) is 0 Å². The van der Waals surface area contributed by atoms with Crippen LogP contribution in [0.15, 0.2) is 42.5 Å². The lowest BCUT2D eigenvalue weighted by atomic mass is 9.68. The Kier molecular flexibility index (Phi) is 4.78. The molecule has 1 aromatic rings. The molecule has 1 aromatic carbocycles. The zero-order valence-electron chi connectivity index (χ0n) is 11.8. The fourth-order valence-corrected chi connectivity index (χ4v) is 2.93. The molecule has 104 valence electrons. The quantitative estimate of drug-likeness (QED) is 0.822. The molecule has 1 heterocycles. The van der Waals surface area contributed by atoms with Gasteiger partial charge in [0.05, 0.1) is 6.10 Å². The van der Waals surface area contributed by atoms with Gasteiger partial charge in [0.2, 0.25) is 0 Å². The van der Waals surface area contributed by atoms with Crippen LogP contribution in [0.2, 0.25) is 0 Å². The number of aliphatic hydroxyl groups excluding tert-OH is 1. The normalized spacial score (nSPS) is 19.9. The lowest BCUT2D eigenvalue weighted by Crippen LogP contribution is -2.44. The van der Waals surface area contributed by atoms with Crippen LogP contribution in [-0.4, -0.2) is 24.4 Å². The summed E-state index contributed by atoms with van der Waals surface area (Å²) in [7, 11) is 0. The van der Waals surface area contributed by atoms with Crippen LogP contribution in [0, 0.1) is 0 Å². The number of ether oxygens (including phenoxy) is 1. The van der Waals surface area contributed by atoms with E-state index in [2.05, 4.69) is 25.6 Å². The van der Waals surface area contributed by atoms with Gasteiger partial charge >= 0.3 is 0 Å². The topological polar surface area (TPSA) is 29.5 Å². The molecule has 1 fully saturated rings.